The van der Waals surface area contributed by atoms with E-state index >= 15 is 0 Å². The summed E-state index contributed by atoms with van der Waals surface area (Å²) in [5.74, 6) is 0.112. The molecule has 3 nitrogen and oxygen atoms in total. The lowest BCUT2D eigenvalue weighted by Gasteiger charge is -2.27. The standard InChI is InChI=1S/C21H19ClN2OS/c22-15-8-10-16(11-9-15)26-20-14-18(17-6-2-3-7-19(17)23-20)21(25)24-12-4-1-5-13-24/h2-3,6-11,14H,1,4-5,12-13H2. The summed E-state index contributed by atoms with van der Waals surface area (Å²) in [5, 5.41) is 2.46. The number of carbonyl (C=O) groups excluding carboxylic acids is 1. The van der Waals surface area contributed by atoms with Crippen molar-refractivity contribution in [2.45, 2.75) is 29.2 Å². The number of hydrogen-bond acceptors (Lipinski definition) is 3. The summed E-state index contributed by atoms with van der Waals surface area (Å²) in [6, 6.07) is 17.5. The van der Waals surface area contributed by atoms with Crippen LogP contribution in [-0.2, 0) is 0 Å². The van der Waals surface area contributed by atoms with Gasteiger partial charge in [-0.3, -0.25) is 4.79 Å². The zero-order valence-corrected chi connectivity index (χ0v) is 15.9. The molecule has 2 aromatic carbocycles. The molecule has 0 atom stereocenters. The number of benzene rings is 2. The highest BCUT2D eigenvalue weighted by Crippen LogP contribution is 2.31. The maximum Gasteiger partial charge on any atom is 0.254 e. The Morgan fingerprint density at radius 1 is 1.00 bits per heavy atom. The topological polar surface area (TPSA) is 33.2 Å². The highest BCUT2D eigenvalue weighted by molar-refractivity contribution is 7.99. The maximum atomic E-state index is 13.1. The van der Waals surface area contributed by atoms with Crippen molar-refractivity contribution < 1.29 is 4.79 Å². The Kier molecular flexibility index (Phi) is 5.14. The van der Waals surface area contributed by atoms with Gasteiger partial charge in [-0.25, -0.2) is 4.98 Å². The van der Waals surface area contributed by atoms with E-state index in [1.54, 1.807) is 11.8 Å². The van der Waals surface area contributed by atoms with E-state index in [1.807, 2.05) is 59.5 Å². The second-order valence-electron chi connectivity index (χ2n) is 6.43. The summed E-state index contributed by atoms with van der Waals surface area (Å²) in [6.07, 6.45) is 3.38. The number of hydrogen-bond donors (Lipinski definition) is 0. The molecule has 3 aromatic rings. The first-order valence-corrected chi connectivity index (χ1v) is 10.0. The second kappa shape index (κ2) is 7.68. The van der Waals surface area contributed by atoms with Gasteiger partial charge in [0.1, 0.15) is 5.03 Å². The molecule has 4 rings (SSSR count). The van der Waals surface area contributed by atoms with E-state index in [2.05, 4.69) is 0 Å². The van der Waals surface area contributed by atoms with Crippen LogP contribution in [0.2, 0.25) is 5.02 Å². The van der Waals surface area contributed by atoms with Crippen LogP contribution >= 0.6 is 23.4 Å². The lowest BCUT2D eigenvalue weighted by Crippen LogP contribution is -2.35. The number of pyridine rings is 1. The molecule has 26 heavy (non-hydrogen) atoms. The third kappa shape index (κ3) is 3.71. The molecule has 0 saturated carbocycles. The second-order valence-corrected chi connectivity index (χ2v) is 7.96. The van der Waals surface area contributed by atoms with Gasteiger partial charge in [-0.15, -0.1) is 0 Å². The molecule has 2 heterocycles. The van der Waals surface area contributed by atoms with Crippen molar-refractivity contribution >= 4 is 40.2 Å². The Labute approximate surface area is 162 Å². The number of nitrogens with zero attached hydrogens (tertiary/aromatic N) is 2. The number of para-hydroxylation sites is 1. The Balaban J connectivity index is 1.72. The Hall–Kier alpha value is -2.04. The quantitative estimate of drug-likeness (QED) is 0.585. The number of aromatic nitrogens is 1. The number of amides is 1. The smallest absolute Gasteiger partial charge is 0.254 e. The molecule has 1 aromatic heterocycles. The fourth-order valence-electron chi connectivity index (χ4n) is 3.27. The Bertz CT molecular complexity index is 936. The van der Waals surface area contributed by atoms with Crippen molar-refractivity contribution in [1.29, 1.82) is 0 Å². The molecule has 5 heteroatoms. The van der Waals surface area contributed by atoms with Gasteiger partial charge in [-0.1, -0.05) is 41.6 Å². The molecule has 1 aliphatic heterocycles. The van der Waals surface area contributed by atoms with Crippen molar-refractivity contribution in [1.82, 2.24) is 9.88 Å². The molecular weight excluding hydrogens is 364 g/mol. The average Bonchev–Trinajstić information content (AvgIpc) is 2.69. The number of likely N-dealkylation sites (tertiary alicyclic amines) is 1. The summed E-state index contributed by atoms with van der Waals surface area (Å²) in [4.78, 5) is 20.9. The molecule has 0 unspecified atom stereocenters. The highest BCUT2D eigenvalue weighted by Gasteiger charge is 2.21. The Morgan fingerprint density at radius 3 is 2.50 bits per heavy atom. The number of halogens is 1. The van der Waals surface area contributed by atoms with E-state index in [4.69, 9.17) is 16.6 Å². The van der Waals surface area contributed by atoms with E-state index in [1.165, 1.54) is 6.42 Å². The van der Waals surface area contributed by atoms with Crippen molar-refractivity contribution in [2.75, 3.05) is 13.1 Å². The van der Waals surface area contributed by atoms with Gasteiger partial charge in [-0.2, -0.15) is 0 Å². The first-order chi connectivity index (χ1) is 12.7. The van der Waals surface area contributed by atoms with E-state index in [0.29, 0.717) is 5.02 Å². The lowest BCUT2D eigenvalue weighted by molar-refractivity contribution is 0.0726. The predicted molar refractivity (Wildman–Crippen MR) is 107 cm³/mol. The molecule has 0 bridgehead atoms. The minimum Gasteiger partial charge on any atom is -0.339 e. The molecule has 0 radical (unpaired) electrons. The van der Waals surface area contributed by atoms with Crippen LogP contribution in [0.25, 0.3) is 10.9 Å². The monoisotopic (exact) mass is 382 g/mol. The normalized spacial score (nSPS) is 14.6. The molecule has 1 fully saturated rings. The first-order valence-electron chi connectivity index (χ1n) is 8.83. The van der Waals surface area contributed by atoms with Crippen molar-refractivity contribution in [3.05, 3.63) is 65.2 Å². The minimum atomic E-state index is 0.112. The minimum absolute atomic E-state index is 0.112. The number of fused-ring (bicyclic) bond motifs is 1. The molecule has 0 N–H and O–H groups in total. The number of piperidine rings is 1. The largest absolute Gasteiger partial charge is 0.339 e. The summed E-state index contributed by atoms with van der Waals surface area (Å²) in [7, 11) is 0. The molecule has 1 amide bonds. The van der Waals surface area contributed by atoms with Gasteiger partial charge in [0.15, 0.2) is 0 Å². The van der Waals surface area contributed by atoms with Crippen LogP contribution in [0.5, 0.6) is 0 Å². The number of rotatable bonds is 3. The fourth-order valence-corrected chi connectivity index (χ4v) is 4.23. The SMILES string of the molecule is O=C(c1cc(Sc2ccc(Cl)cc2)nc2ccccc12)N1CCCCC1. The van der Waals surface area contributed by atoms with Gasteiger partial charge in [0.2, 0.25) is 0 Å². The van der Waals surface area contributed by atoms with Crippen molar-refractivity contribution in [2.24, 2.45) is 0 Å². The average molecular weight is 383 g/mol. The van der Waals surface area contributed by atoms with Crippen LogP contribution in [0.4, 0.5) is 0 Å². The van der Waals surface area contributed by atoms with Gasteiger partial charge in [0, 0.05) is 28.4 Å². The molecule has 1 saturated heterocycles. The third-order valence-electron chi connectivity index (χ3n) is 4.60. The zero-order valence-electron chi connectivity index (χ0n) is 14.3. The zero-order chi connectivity index (χ0) is 17.9. The van der Waals surface area contributed by atoms with E-state index in [0.717, 1.165) is 52.3 Å². The summed E-state index contributed by atoms with van der Waals surface area (Å²) in [6.45, 7) is 1.68. The number of carbonyl (C=O) groups is 1. The summed E-state index contributed by atoms with van der Waals surface area (Å²) < 4.78 is 0. The van der Waals surface area contributed by atoms with Gasteiger partial charge in [-0.05, 0) is 55.7 Å². The predicted octanol–water partition coefficient (Wildman–Crippen LogP) is 5.67. The van der Waals surface area contributed by atoms with Crippen LogP contribution in [0.1, 0.15) is 29.6 Å². The van der Waals surface area contributed by atoms with Crippen molar-refractivity contribution in [3.63, 3.8) is 0 Å². The molecule has 132 valence electrons. The Morgan fingerprint density at radius 2 is 1.73 bits per heavy atom. The summed E-state index contributed by atoms with van der Waals surface area (Å²) >= 11 is 7.52. The van der Waals surface area contributed by atoms with Gasteiger partial charge in [0.25, 0.3) is 5.91 Å². The van der Waals surface area contributed by atoms with Crippen LogP contribution in [0, 0.1) is 0 Å². The van der Waals surface area contributed by atoms with Gasteiger partial charge < -0.3 is 4.90 Å². The molecule has 1 aliphatic rings. The van der Waals surface area contributed by atoms with Crippen LogP contribution in [0.3, 0.4) is 0 Å². The van der Waals surface area contributed by atoms with Gasteiger partial charge >= 0.3 is 0 Å². The molecular formula is C21H19ClN2OS. The van der Waals surface area contributed by atoms with E-state index in [9.17, 15) is 4.79 Å². The fraction of sp³-hybridized carbons (Fsp3) is 0.238. The van der Waals surface area contributed by atoms with E-state index < -0.39 is 0 Å². The third-order valence-corrected chi connectivity index (χ3v) is 5.78. The summed E-state index contributed by atoms with van der Waals surface area (Å²) in [5.41, 5.74) is 1.60. The van der Waals surface area contributed by atoms with Crippen molar-refractivity contribution in [3.8, 4) is 0 Å². The van der Waals surface area contributed by atoms with E-state index in [-0.39, 0.29) is 5.91 Å². The van der Waals surface area contributed by atoms with Crippen LogP contribution in [-0.4, -0.2) is 28.9 Å². The molecule has 0 spiro atoms. The lowest BCUT2D eigenvalue weighted by atomic mass is 10.1. The molecule has 0 aliphatic carbocycles. The van der Waals surface area contributed by atoms with Gasteiger partial charge in [0.05, 0.1) is 11.1 Å². The maximum absolute atomic E-state index is 13.1. The highest BCUT2D eigenvalue weighted by atomic mass is 35.5. The van der Waals surface area contributed by atoms with Crippen LogP contribution < -0.4 is 0 Å². The first kappa shape index (κ1) is 17.4. The van der Waals surface area contributed by atoms with Crippen LogP contribution in [0.15, 0.2) is 64.5 Å².